The molecule has 2 saturated heterocycles. The first-order valence-corrected chi connectivity index (χ1v) is 25.8. The van der Waals surface area contributed by atoms with Crippen LogP contribution >= 0.6 is 0 Å². The van der Waals surface area contributed by atoms with E-state index in [2.05, 4.69) is 19.2 Å². The minimum atomic E-state index is -1.78. The molecule has 0 aromatic rings. The van der Waals surface area contributed by atoms with Crippen LogP contribution < -0.4 is 5.32 Å². The molecule has 12 unspecified atom stereocenters. The summed E-state index contributed by atoms with van der Waals surface area (Å²) in [4.78, 5) is 13.1. The van der Waals surface area contributed by atoms with E-state index in [0.29, 0.717) is 12.8 Å². The second kappa shape index (κ2) is 37.0. The van der Waals surface area contributed by atoms with E-state index in [1.165, 1.54) is 135 Å². The topological polar surface area (TPSA) is 228 Å². The van der Waals surface area contributed by atoms with Crippen molar-refractivity contribution in [1.82, 2.24) is 5.32 Å². The molecule has 12 atom stereocenters. The highest BCUT2D eigenvalue weighted by molar-refractivity contribution is 5.76. The SMILES string of the molecule is CCCCCCCCCCCCCCCCCCCCCCCC(O)C(COC1OC(CO)C(OC2OC(CO)C(O)C(O)C2O)C(O)C1O)NC(=O)CCCCCCCCCC. The van der Waals surface area contributed by atoms with Gasteiger partial charge < -0.3 is 65.1 Å². The number of aliphatic hydroxyl groups excluding tert-OH is 8. The van der Waals surface area contributed by atoms with Crippen LogP contribution in [-0.2, 0) is 23.7 Å². The van der Waals surface area contributed by atoms with Crippen LogP contribution in [0.5, 0.6) is 0 Å². The maximum Gasteiger partial charge on any atom is 0.220 e. The van der Waals surface area contributed by atoms with Crippen LogP contribution in [0.25, 0.3) is 0 Å². The third-order valence-electron chi connectivity index (χ3n) is 13.1. The number of ether oxygens (including phenoxy) is 4. The second-order valence-electron chi connectivity index (χ2n) is 18.7. The van der Waals surface area contributed by atoms with Crippen LogP contribution in [0.1, 0.15) is 213 Å². The van der Waals surface area contributed by atoms with Crippen molar-refractivity contribution in [3.63, 3.8) is 0 Å². The van der Waals surface area contributed by atoms with Gasteiger partial charge in [0, 0.05) is 6.42 Å². The molecule has 0 spiro atoms. The number of nitrogens with one attached hydrogen (secondary N) is 1. The molecule has 2 aliphatic rings. The molecule has 63 heavy (non-hydrogen) atoms. The first-order chi connectivity index (χ1) is 30.6. The van der Waals surface area contributed by atoms with Crippen molar-refractivity contribution in [3.8, 4) is 0 Å². The van der Waals surface area contributed by atoms with Gasteiger partial charge in [0.15, 0.2) is 12.6 Å². The van der Waals surface area contributed by atoms with Gasteiger partial charge in [0.25, 0.3) is 0 Å². The second-order valence-corrected chi connectivity index (χ2v) is 18.7. The summed E-state index contributed by atoms with van der Waals surface area (Å²) >= 11 is 0. The Kier molecular flexibility index (Phi) is 34.2. The number of hydrogen-bond acceptors (Lipinski definition) is 13. The largest absolute Gasteiger partial charge is 0.394 e. The minimum absolute atomic E-state index is 0.209. The number of unbranched alkanes of at least 4 members (excludes halogenated alkanes) is 27. The van der Waals surface area contributed by atoms with Gasteiger partial charge in [-0.15, -0.1) is 0 Å². The molecule has 1 amide bonds. The Balaban J connectivity index is 1.76. The highest BCUT2D eigenvalue weighted by Gasteiger charge is 2.51. The van der Waals surface area contributed by atoms with E-state index in [4.69, 9.17) is 18.9 Å². The lowest BCUT2D eigenvalue weighted by Crippen LogP contribution is -2.65. The molecule has 2 aliphatic heterocycles. The zero-order valence-corrected chi connectivity index (χ0v) is 39.6. The van der Waals surface area contributed by atoms with E-state index in [-0.39, 0.29) is 12.5 Å². The summed E-state index contributed by atoms with van der Waals surface area (Å²) in [6.07, 6.45) is 19.9. The first-order valence-electron chi connectivity index (χ1n) is 25.8. The molecule has 0 saturated carbocycles. The lowest BCUT2D eigenvalue weighted by molar-refractivity contribution is -0.359. The molecule has 2 rings (SSSR count). The fourth-order valence-electron chi connectivity index (χ4n) is 8.83. The Labute approximate surface area is 381 Å². The molecule has 0 aliphatic carbocycles. The van der Waals surface area contributed by atoms with Crippen LogP contribution in [-0.4, -0.2) is 140 Å². The molecular formula is C49H95NO13. The van der Waals surface area contributed by atoms with Crippen molar-refractivity contribution in [2.75, 3.05) is 19.8 Å². The fourth-order valence-corrected chi connectivity index (χ4v) is 8.83. The van der Waals surface area contributed by atoms with Crippen LogP contribution in [0, 0.1) is 0 Å². The van der Waals surface area contributed by atoms with E-state index in [9.17, 15) is 45.6 Å². The van der Waals surface area contributed by atoms with Gasteiger partial charge in [-0.05, 0) is 12.8 Å². The Morgan fingerprint density at radius 1 is 0.508 bits per heavy atom. The predicted molar refractivity (Wildman–Crippen MR) is 245 cm³/mol. The molecular weight excluding hydrogens is 811 g/mol. The van der Waals surface area contributed by atoms with E-state index in [0.717, 1.165) is 51.4 Å². The van der Waals surface area contributed by atoms with Crippen LogP contribution in [0.2, 0.25) is 0 Å². The highest BCUT2D eigenvalue weighted by Crippen LogP contribution is 2.30. The van der Waals surface area contributed by atoms with Crippen molar-refractivity contribution in [2.45, 2.75) is 286 Å². The van der Waals surface area contributed by atoms with E-state index in [1.54, 1.807) is 0 Å². The molecule has 14 nitrogen and oxygen atoms in total. The monoisotopic (exact) mass is 906 g/mol. The summed E-state index contributed by atoms with van der Waals surface area (Å²) < 4.78 is 22.7. The maximum absolute atomic E-state index is 13.1. The van der Waals surface area contributed by atoms with E-state index >= 15 is 0 Å². The number of carbonyl (C=O) groups excluding carboxylic acids is 1. The van der Waals surface area contributed by atoms with Gasteiger partial charge in [0.2, 0.25) is 5.91 Å². The number of hydrogen-bond donors (Lipinski definition) is 9. The van der Waals surface area contributed by atoms with Crippen molar-refractivity contribution in [2.24, 2.45) is 0 Å². The average Bonchev–Trinajstić information content (AvgIpc) is 3.28. The van der Waals surface area contributed by atoms with Gasteiger partial charge in [0.1, 0.15) is 48.8 Å². The number of aliphatic hydroxyl groups is 8. The molecule has 374 valence electrons. The standard InChI is InChI=1S/C49H95NO13/c1-3-5-7-9-11-13-14-15-16-17-18-19-20-21-22-23-24-25-26-28-30-32-38(53)37(50-41(54)33-31-29-27-12-10-8-6-4-2)36-60-48-46(59)44(57)47(40(35-52)62-48)63-49-45(58)43(56)42(55)39(34-51)61-49/h37-40,42-49,51-53,55-59H,3-36H2,1-2H3,(H,50,54). The summed E-state index contributed by atoms with van der Waals surface area (Å²) in [7, 11) is 0. The molecule has 14 heteroatoms. The third-order valence-corrected chi connectivity index (χ3v) is 13.1. The molecule has 2 heterocycles. The van der Waals surface area contributed by atoms with Gasteiger partial charge in [0.05, 0.1) is 32.0 Å². The van der Waals surface area contributed by atoms with Crippen molar-refractivity contribution >= 4 is 5.91 Å². The normalized spacial score (nSPS) is 27.4. The van der Waals surface area contributed by atoms with Gasteiger partial charge >= 0.3 is 0 Å². The summed E-state index contributed by atoms with van der Waals surface area (Å²) in [6, 6.07) is -0.819. The summed E-state index contributed by atoms with van der Waals surface area (Å²) in [5.41, 5.74) is 0. The van der Waals surface area contributed by atoms with Gasteiger partial charge in [-0.1, -0.05) is 194 Å². The van der Waals surface area contributed by atoms with Crippen molar-refractivity contribution in [3.05, 3.63) is 0 Å². The molecule has 0 radical (unpaired) electrons. The Hall–Kier alpha value is -1.01. The van der Waals surface area contributed by atoms with Crippen LogP contribution in [0.15, 0.2) is 0 Å². The quantitative estimate of drug-likeness (QED) is 0.0296. The van der Waals surface area contributed by atoms with E-state index < -0.39 is 86.8 Å². The molecule has 0 aromatic heterocycles. The average molecular weight is 906 g/mol. The summed E-state index contributed by atoms with van der Waals surface area (Å²) in [6.45, 7) is 2.83. The molecule has 9 N–H and O–H groups in total. The summed E-state index contributed by atoms with van der Waals surface area (Å²) in [5.74, 6) is -0.209. The Bertz CT molecular complexity index is 1070. The lowest BCUT2D eigenvalue weighted by Gasteiger charge is -2.46. The van der Waals surface area contributed by atoms with Crippen LogP contribution in [0.4, 0.5) is 0 Å². The minimum Gasteiger partial charge on any atom is -0.394 e. The molecule has 0 aromatic carbocycles. The van der Waals surface area contributed by atoms with Crippen molar-refractivity contribution < 1.29 is 64.6 Å². The van der Waals surface area contributed by atoms with Gasteiger partial charge in [-0.3, -0.25) is 4.79 Å². The number of rotatable bonds is 40. The lowest BCUT2D eigenvalue weighted by atomic mass is 9.97. The van der Waals surface area contributed by atoms with Gasteiger partial charge in [-0.2, -0.15) is 0 Å². The van der Waals surface area contributed by atoms with Crippen molar-refractivity contribution in [1.29, 1.82) is 0 Å². The molecule has 2 fully saturated rings. The number of amides is 1. The Morgan fingerprint density at radius 2 is 0.905 bits per heavy atom. The Morgan fingerprint density at radius 3 is 1.35 bits per heavy atom. The third kappa shape index (κ3) is 24.5. The fraction of sp³-hybridized carbons (Fsp3) is 0.980. The zero-order chi connectivity index (χ0) is 46.1. The maximum atomic E-state index is 13.1. The molecule has 0 bridgehead atoms. The summed E-state index contributed by atoms with van der Waals surface area (Å²) in [5, 5.41) is 86.7. The van der Waals surface area contributed by atoms with Crippen LogP contribution in [0.3, 0.4) is 0 Å². The van der Waals surface area contributed by atoms with E-state index in [1.807, 2.05) is 0 Å². The first kappa shape index (κ1) is 58.1. The van der Waals surface area contributed by atoms with Gasteiger partial charge in [-0.25, -0.2) is 0 Å². The smallest absolute Gasteiger partial charge is 0.220 e. The highest BCUT2D eigenvalue weighted by atomic mass is 16.7. The predicted octanol–water partition coefficient (Wildman–Crippen LogP) is 6.61. The zero-order valence-electron chi connectivity index (χ0n) is 39.6. The number of carbonyl (C=O) groups is 1.